The quantitative estimate of drug-likeness (QED) is 0.743. The van der Waals surface area contributed by atoms with Crippen molar-refractivity contribution >= 4 is 11.2 Å². The van der Waals surface area contributed by atoms with Crippen molar-refractivity contribution in [3.8, 4) is 11.1 Å². The average Bonchev–Trinajstić information content (AvgIpc) is 2.74. The second-order valence-corrected chi connectivity index (χ2v) is 4.01. The van der Waals surface area contributed by atoms with Crippen molar-refractivity contribution in [2.75, 3.05) is 0 Å². The van der Waals surface area contributed by atoms with Gasteiger partial charge in [0.05, 0.1) is 5.52 Å². The highest BCUT2D eigenvalue weighted by atomic mass is 16.1. The highest BCUT2D eigenvalue weighted by molar-refractivity contribution is 5.77. The second kappa shape index (κ2) is 4.10. The van der Waals surface area contributed by atoms with Crippen molar-refractivity contribution in [1.82, 2.24) is 19.5 Å². The average molecular weight is 240 g/mol. The number of rotatable bonds is 2. The summed E-state index contributed by atoms with van der Waals surface area (Å²) < 4.78 is 1.62. The lowest BCUT2D eigenvalue weighted by molar-refractivity contribution is 0.745. The first-order valence-corrected chi connectivity index (χ1v) is 5.78. The molecule has 90 valence electrons. The number of nitrogens with zero attached hydrogens (tertiary/aromatic N) is 3. The molecule has 0 saturated heterocycles. The van der Waals surface area contributed by atoms with Crippen molar-refractivity contribution in [2.24, 2.45) is 0 Å². The minimum absolute atomic E-state index is 0.119. The molecule has 0 amide bonds. The summed E-state index contributed by atoms with van der Waals surface area (Å²) in [5.74, 6) is 0. The zero-order chi connectivity index (χ0) is 12.5. The van der Waals surface area contributed by atoms with Crippen LogP contribution >= 0.6 is 0 Å². The third kappa shape index (κ3) is 1.60. The third-order valence-corrected chi connectivity index (χ3v) is 2.94. The Balaban J connectivity index is 2.21. The number of aromatic amines is 1. The summed E-state index contributed by atoms with van der Waals surface area (Å²) in [6, 6.07) is 5.76. The lowest BCUT2D eigenvalue weighted by atomic mass is 10.1. The Morgan fingerprint density at radius 1 is 1.28 bits per heavy atom. The van der Waals surface area contributed by atoms with Gasteiger partial charge in [-0.2, -0.15) is 0 Å². The van der Waals surface area contributed by atoms with Gasteiger partial charge >= 0.3 is 5.69 Å². The predicted octanol–water partition coefficient (Wildman–Crippen LogP) is 1.81. The van der Waals surface area contributed by atoms with E-state index in [2.05, 4.69) is 15.0 Å². The van der Waals surface area contributed by atoms with Crippen LogP contribution in [0.25, 0.3) is 22.3 Å². The third-order valence-electron chi connectivity index (χ3n) is 2.94. The molecule has 0 fully saturated rings. The van der Waals surface area contributed by atoms with E-state index in [0.29, 0.717) is 12.2 Å². The first-order chi connectivity index (χ1) is 8.79. The van der Waals surface area contributed by atoms with Crippen LogP contribution in [0.3, 0.4) is 0 Å². The maximum absolute atomic E-state index is 11.7. The molecule has 3 aromatic heterocycles. The molecule has 0 unspecified atom stereocenters. The van der Waals surface area contributed by atoms with E-state index >= 15 is 0 Å². The Hall–Kier alpha value is -2.43. The van der Waals surface area contributed by atoms with Crippen LogP contribution in [0.4, 0.5) is 0 Å². The van der Waals surface area contributed by atoms with Crippen molar-refractivity contribution < 1.29 is 0 Å². The minimum Gasteiger partial charge on any atom is -0.304 e. The van der Waals surface area contributed by atoms with E-state index in [9.17, 15) is 4.79 Å². The molecule has 3 rings (SSSR count). The summed E-state index contributed by atoms with van der Waals surface area (Å²) in [5.41, 5.74) is 3.34. The van der Waals surface area contributed by atoms with E-state index < -0.39 is 0 Å². The number of pyridine rings is 2. The number of imidazole rings is 1. The van der Waals surface area contributed by atoms with Crippen LogP contribution in [0, 0.1) is 0 Å². The first-order valence-electron chi connectivity index (χ1n) is 5.78. The molecular formula is C13H12N4O. The summed E-state index contributed by atoms with van der Waals surface area (Å²) >= 11 is 0. The molecule has 0 aliphatic rings. The van der Waals surface area contributed by atoms with E-state index in [4.69, 9.17) is 0 Å². The minimum atomic E-state index is -0.119. The number of hydrogen-bond donors (Lipinski definition) is 1. The molecule has 3 aromatic rings. The topological polar surface area (TPSA) is 63.6 Å². The SMILES string of the molecule is CCn1c(=O)[nH]c2cc(-c3ccncc3)cnc21. The van der Waals surface area contributed by atoms with Gasteiger partial charge in [-0.15, -0.1) is 0 Å². The Bertz CT molecular complexity index is 743. The molecule has 0 saturated carbocycles. The second-order valence-electron chi connectivity index (χ2n) is 4.01. The van der Waals surface area contributed by atoms with Crippen LogP contribution in [0.5, 0.6) is 0 Å². The Labute approximate surface area is 103 Å². The van der Waals surface area contributed by atoms with E-state index in [0.717, 1.165) is 16.6 Å². The fraction of sp³-hybridized carbons (Fsp3) is 0.154. The fourth-order valence-corrected chi connectivity index (χ4v) is 2.04. The Morgan fingerprint density at radius 2 is 2.06 bits per heavy atom. The summed E-state index contributed by atoms with van der Waals surface area (Å²) in [7, 11) is 0. The highest BCUT2D eigenvalue weighted by Gasteiger charge is 2.07. The highest BCUT2D eigenvalue weighted by Crippen LogP contribution is 2.20. The van der Waals surface area contributed by atoms with Gasteiger partial charge in [-0.05, 0) is 30.7 Å². The van der Waals surface area contributed by atoms with Crippen LogP contribution in [0.15, 0.2) is 41.6 Å². The maximum atomic E-state index is 11.7. The molecule has 18 heavy (non-hydrogen) atoms. The molecule has 3 heterocycles. The molecular weight excluding hydrogens is 228 g/mol. The number of H-pyrrole nitrogens is 1. The van der Waals surface area contributed by atoms with Crippen LogP contribution < -0.4 is 5.69 Å². The molecule has 1 N–H and O–H groups in total. The molecule has 0 aliphatic heterocycles. The zero-order valence-corrected chi connectivity index (χ0v) is 9.92. The normalized spacial score (nSPS) is 10.9. The van der Waals surface area contributed by atoms with Crippen molar-refractivity contribution in [3.05, 3.63) is 47.3 Å². The molecule has 0 atom stereocenters. The molecule has 0 aromatic carbocycles. The number of hydrogen-bond acceptors (Lipinski definition) is 3. The molecule has 5 heteroatoms. The van der Waals surface area contributed by atoms with Gasteiger partial charge in [0.1, 0.15) is 0 Å². The van der Waals surface area contributed by atoms with Crippen molar-refractivity contribution in [2.45, 2.75) is 13.5 Å². The number of aryl methyl sites for hydroxylation is 1. The van der Waals surface area contributed by atoms with Crippen LogP contribution in [-0.2, 0) is 6.54 Å². The zero-order valence-electron chi connectivity index (χ0n) is 9.92. The summed E-state index contributed by atoms with van der Waals surface area (Å²) in [4.78, 5) is 22.8. The molecule has 0 spiro atoms. The molecule has 5 nitrogen and oxygen atoms in total. The first kappa shape index (κ1) is 10.7. The Morgan fingerprint density at radius 3 is 2.78 bits per heavy atom. The van der Waals surface area contributed by atoms with E-state index in [-0.39, 0.29) is 5.69 Å². The summed E-state index contributed by atoms with van der Waals surface area (Å²) in [5, 5.41) is 0. The van der Waals surface area contributed by atoms with Gasteiger partial charge in [-0.25, -0.2) is 9.78 Å². The van der Waals surface area contributed by atoms with Gasteiger partial charge in [-0.3, -0.25) is 9.55 Å². The number of fused-ring (bicyclic) bond motifs is 1. The Kier molecular flexibility index (Phi) is 2.44. The number of aromatic nitrogens is 4. The van der Waals surface area contributed by atoms with E-state index in [1.54, 1.807) is 23.2 Å². The summed E-state index contributed by atoms with van der Waals surface area (Å²) in [6.07, 6.45) is 5.25. The predicted molar refractivity (Wildman–Crippen MR) is 69.3 cm³/mol. The van der Waals surface area contributed by atoms with Gasteiger partial charge in [0, 0.05) is 30.7 Å². The molecule has 0 radical (unpaired) electrons. The van der Waals surface area contributed by atoms with Gasteiger partial charge in [0.15, 0.2) is 5.65 Å². The lowest BCUT2D eigenvalue weighted by Gasteiger charge is -2.01. The van der Waals surface area contributed by atoms with Crippen LogP contribution in [0.1, 0.15) is 6.92 Å². The van der Waals surface area contributed by atoms with Crippen LogP contribution in [-0.4, -0.2) is 19.5 Å². The van der Waals surface area contributed by atoms with Crippen molar-refractivity contribution in [3.63, 3.8) is 0 Å². The van der Waals surface area contributed by atoms with Gasteiger partial charge in [0.2, 0.25) is 0 Å². The van der Waals surface area contributed by atoms with E-state index in [1.165, 1.54) is 0 Å². The van der Waals surface area contributed by atoms with Gasteiger partial charge in [-0.1, -0.05) is 0 Å². The van der Waals surface area contributed by atoms with Crippen molar-refractivity contribution in [1.29, 1.82) is 0 Å². The smallest absolute Gasteiger partial charge is 0.304 e. The summed E-state index contributed by atoms with van der Waals surface area (Å²) in [6.45, 7) is 2.54. The van der Waals surface area contributed by atoms with Gasteiger partial charge in [0.25, 0.3) is 0 Å². The fourth-order valence-electron chi connectivity index (χ4n) is 2.04. The van der Waals surface area contributed by atoms with E-state index in [1.807, 2.05) is 25.1 Å². The molecule has 0 aliphatic carbocycles. The molecule has 0 bridgehead atoms. The maximum Gasteiger partial charge on any atom is 0.327 e. The van der Waals surface area contributed by atoms with Gasteiger partial charge < -0.3 is 4.98 Å². The monoisotopic (exact) mass is 240 g/mol. The standard InChI is InChI=1S/C13H12N4O/c1-2-17-12-11(16-13(17)18)7-10(8-15-12)9-3-5-14-6-4-9/h3-8H,2H2,1H3,(H,16,18). The largest absolute Gasteiger partial charge is 0.327 e. The van der Waals surface area contributed by atoms with Crippen LogP contribution in [0.2, 0.25) is 0 Å². The number of nitrogens with one attached hydrogen (secondary N) is 1. The lowest BCUT2D eigenvalue weighted by Crippen LogP contribution is -2.15.